The van der Waals surface area contributed by atoms with Gasteiger partial charge in [-0.15, -0.1) is 0 Å². The van der Waals surface area contributed by atoms with Crippen LogP contribution in [0, 0.1) is 3.57 Å². The fourth-order valence-corrected chi connectivity index (χ4v) is 2.19. The summed E-state index contributed by atoms with van der Waals surface area (Å²) in [5, 5.41) is 3.45. The van der Waals surface area contributed by atoms with Crippen LogP contribution in [0.25, 0.3) is 0 Å². The van der Waals surface area contributed by atoms with Gasteiger partial charge in [-0.3, -0.25) is 0 Å². The average Bonchev–Trinajstić information content (AvgIpc) is 2.77. The molecule has 0 spiro atoms. The number of hydrogen-bond donors (Lipinski definition) is 1. The number of anilines is 1. The minimum Gasteiger partial charge on any atom is -0.379 e. The van der Waals surface area contributed by atoms with Crippen molar-refractivity contribution in [2.45, 2.75) is 26.4 Å². The maximum absolute atomic E-state index is 3.45. The predicted molar refractivity (Wildman–Crippen MR) is 81.2 cm³/mol. The third-order valence-corrected chi connectivity index (χ3v) is 3.43. The molecule has 2 rings (SSSR count). The first-order valence-corrected chi connectivity index (χ1v) is 7.01. The molecule has 0 unspecified atom stereocenters. The van der Waals surface area contributed by atoms with Crippen LogP contribution in [0.1, 0.15) is 19.0 Å². The normalized spacial score (nSPS) is 10.5. The van der Waals surface area contributed by atoms with E-state index < -0.39 is 0 Å². The van der Waals surface area contributed by atoms with E-state index in [0.717, 1.165) is 13.1 Å². The van der Waals surface area contributed by atoms with Crippen LogP contribution in [0.2, 0.25) is 0 Å². The van der Waals surface area contributed by atoms with Gasteiger partial charge in [-0.25, -0.2) is 0 Å². The molecule has 0 saturated heterocycles. The molecule has 17 heavy (non-hydrogen) atoms. The van der Waals surface area contributed by atoms with Crippen LogP contribution in [-0.4, -0.2) is 4.57 Å². The highest BCUT2D eigenvalue weighted by molar-refractivity contribution is 14.1. The summed E-state index contributed by atoms with van der Waals surface area (Å²) in [6.07, 6.45) is 3.32. The molecule has 0 radical (unpaired) electrons. The van der Waals surface area contributed by atoms with Crippen molar-refractivity contribution in [3.63, 3.8) is 0 Å². The topological polar surface area (TPSA) is 17.0 Å². The largest absolute Gasteiger partial charge is 0.379 e. The van der Waals surface area contributed by atoms with E-state index >= 15 is 0 Å². The molecule has 1 heterocycles. The third-order valence-electron chi connectivity index (χ3n) is 2.71. The summed E-state index contributed by atoms with van der Waals surface area (Å²) in [5.41, 5.74) is 2.51. The summed E-state index contributed by atoms with van der Waals surface area (Å²) >= 11 is 2.32. The van der Waals surface area contributed by atoms with Crippen LogP contribution < -0.4 is 5.32 Å². The quantitative estimate of drug-likeness (QED) is 0.811. The number of nitrogens with zero attached hydrogens (tertiary/aromatic N) is 1. The molecular formula is C14H17IN2. The number of benzene rings is 1. The Morgan fingerprint density at radius 3 is 2.65 bits per heavy atom. The first kappa shape index (κ1) is 12.5. The van der Waals surface area contributed by atoms with Crippen molar-refractivity contribution in [3.8, 4) is 0 Å². The fourth-order valence-electron chi connectivity index (χ4n) is 1.83. The molecule has 90 valence electrons. The number of halogens is 1. The van der Waals surface area contributed by atoms with Gasteiger partial charge in [0, 0.05) is 27.7 Å². The molecule has 1 aromatic carbocycles. The van der Waals surface area contributed by atoms with E-state index in [1.54, 1.807) is 0 Å². The van der Waals surface area contributed by atoms with E-state index in [1.807, 2.05) is 0 Å². The molecular weight excluding hydrogens is 323 g/mol. The second kappa shape index (κ2) is 6.10. The summed E-state index contributed by atoms with van der Waals surface area (Å²) in [4.78, 5) is 0. The second-order valence-electron chi connectivity index (χ2n) is 4.05. The van der Waals surface area contributed by atoms with Crippen LogP contribution in [-0.2, 0) is 13.1 Å². The lowest BCUT2D eigenvalue weighted by molar-refractivity contribution is 0.654. The Morgan fingerprint density at radius 1 is 1.18 bits per heavy atom. The van der Waals surface area contributed by atoms with Gasteiger partial charge in [0.25, 0.3) is 0 Å². The van der Waals surface area contributed by atoms with E-state index in [1.165, 1.54) is 21.4 Å². The lowest BCUT2D eigenvalue weighted by Crippen LogP contribution is -2.06. The minimum absolute atomic E-state index is 0.883. The van der Waals surface area contributed by atoms with E-state index in [2.05, 4.69) is 82.0 Å². The van der Waals surface area contributed by atoms with Crippen molar-refractivity contribution >= 4 is 28.3 Å². The van der Waals surface area contributed by atoms with Crippen LogP contribution in [0.5, 0.6) is 0 Å². The Bertz CT molecular complexity index is 459. The number of aryl methyl sites for hydroxylation is 1. The maximum Gasteiger partial charge on any atom is 0.0553 e. The molecule has 2 aromatic rings. The Labute approximate surface area is 116 Å². The maximum atomic E-state index is 3.45. The highest BCUT2D eigenvalue weighted by atomic mass is 127. The van der Waals surface area contributed by atoms with Gasteiger partial charge >= 0.3 is 0 Å². The summed E-state index contributed by atoms with van der Waals surface area (Å²) in [7, 11) is 0. The first-order valence-electron chi connectivity index (χ1n) is 5.93. The zero-order chi connectivity index (χ0) is 12.1. The molecule has 1 aromatic heterocycles. The van der Waals surface area contributed by atoms with Gasteiger partial charge in [0.2, 0.25) is 0 Å². The molecule has 0 aliphatic rings. The molecule has 0 saturated carbocycles. The van der Waals surface area contributed by atoms with Crippen molar-refractivity contribution < 1.29 is 0 Å². The fraction of sp³-hybridized carbons (Fsp3) is 0.286. The van der Waals surface area contributed by atoms with Crippen molar-refractivity contribution in [2.24, 2.45) is 0 Å². The lowest BCUT2D eigenvalue weighted by Gasteiger charge is -2.10. The number of nitrogens with one attached hydrogen (secondary N) is 1. The highest BCUT2D eigenvalue weighted by Crippen LogP contribution is 2.13. The second-order valence-corrected chi connectivity index (χ2v) is 5.30. The van der Waals surface area contributed by atoms with Gasteiger partial charge in [-0.05, 0) is 65.4 Å². The lowest BCUT2D eigenvalue weighted by atomic mass is 10.3. The molecule has 0 atom stereocenters. The molecule has 0 amide bonds. The van der Waals surface area contributed by atoms with Gasteiger partial charge in [-0.1, -0.05) is 6.92 Å². The minimum atomic E-state index is 0.883. The summed E-state index contributed by atoms with van der Waals surface area (Å²) < 4.78 is 3.57. The number of rotatable bonds is 5. The van der Waals surface area contributed by atoms with Crippen LogP contribution in [0.4, 0.5) is 5.69 Å². The Balaban J connectivity index is 1.97. The smallest absolute Gasteiger partial charge is 0.0553 e. The third kappa shape index (κ3) is 3.49. The Kier molecular flexibility index (Phi) is 4.48. The molecule has 3 heteroatoms. The monoisotopic (exact) mass is 340 g/mol. The molecule has 0 aliphatic heterocycles. The van der Waals surface area contributed by atoms with E-state index in [-0.39, 0.29) is 0 Å². The van der Waals surface area contributed by atoms with Crippen molar-refractivity contribution in [3.05, 3.63) is 51.9 Å². The predicted octanol–water partition coefficient (Wildman–Crippen LogP) is 4.11. The van der Waals surface area contributed by atoms with Gasteiger partial charge < -0.3 is 9.88 Å². The zero-order valence-corrected chi connectivity index (χ0v) is 12.1. The number of hydrogen-bond acceptors (Lipinski definition) is 1. The first-order chi connectivity index (χ1) is 8.29. The van der Waals surface area contributed by atoms with Crippen molar-refractivity contribution in [2.75, 3.05) is 5.32 Å². The van der Waals surface area contributed by atoms with E-state index in [4.69, 9.17) is 0 Å². The summed E-state index contributed by atoms with van der Waals surface area (Å²) in [5.74, 6) is 0. The van der Waals surface area contributed by atoms with E-state index in [0.29, 0.717) is 0 Å². The molecule has 1 N–H and O–H groups in total. The highest BCUT2D eigenvalue weighted by Gasteiger charge is 1.99. The zero-order valence-electron chi connectivity index (χ0n) is 9.99. The van der Waals surface area contributed by atoms with Crippen molar-refractivity contribution in [1.29, 1.82) is 0 Å². The van der Waals surface area contributed by atoms with Crippen LogP contribution >= 0.6 is 22.6 Å². The van der Waals surface area contributed by atoms with Crippen LogP contribution in [0.15, 0.2) is 42.6 Å². The summed E-state index contributed by atoms with van der Waals surface area (Å²) in [6, 6.07) is 12.8. The Hall–Kier alpha value is -0.970. The molecule has 2 nitrogen and oxygen atoms in total. The van der Waals surface area contributed by atoms with Gasteiger partial charge in [0.15, 0.2) is 0 Å². The van der Waals surface area contributed by atoms with Gasteiger partial charge in [0.05, 0.1) is 6.54 Å². The average molecular weight is 340 g/mol. The molecule has 0 aliphatic carbocycles. The van der Waals surface area contributed by atoms with Gasteiger partial charge in [0.1, 0.15) is 0 Å². The van der Waals surface area contributed by atoms with Gasteiger partial charge in [-0.2, -0.15) is 0 Å². The number of aromatic nitrogens is 1. The Morgan fingerprint density at radius 2 is 1.94 bits per heavy atom. The standard InChI is InChI=1S/C14H17IN2/c1-2-9-17-10-3-4-14(17)11-16-13-7-5-12(15)6-8-13/h3-8,10,16H,2,9,11H2,1H3. The molecule has 0 fully saturated rings. The van der Waals surface area contributed by atoms with Crippen molar-refractivity contribution in [1.82, 2.24) is 4.57 Å². The molecule has 0 bridgehead atoms. The van der Waals surface area contributed by atoms with E-state index in [9.17, 15) is 0 Å². The summed E-state index contributed by atoms with van der Waals surface area (Å²) in [6.45, 7) is 4.18. The SMILES string of the molecule is CCCn1cccc1CNc1ccc(I)cc1. The van der Waals surface area contributed by atoms with Crippen LogP contribution in [0.3, 0.4) is 0 Å².